The Labute approximate surface area is 159 Å². The number of pyridine rings is 1. The molecular weight excluding hydrogens is 354 g/mol. The van der Waals surface area contributed by atoms with Crippen molar-refractivity contribution in [2.45, 2.75) is 25.0 Å². The number of aryl methyl sites for hydroxylation is 1. The Morgan fingerprint density at radius 3 is 2.77 bits per heavy atom. The fourth-order valence-electron chi connectivity index (χ4n) is 3.31. The minimum Gasteiger partial charge on any atom is -0.494 e. The average molecular weight is 378 g/mol. The lowest BCUT2D eigenvalue weighted by atomic mass is 9.79. The number of aliphatic hydroxyl groups excluding tert-OH is 1. The number of halogens is 1. The van der Waals surface area contributed by atoms with Crippen molar-refractivity contribution in [3.63, 3.8) is 0 Å². The number of aromatic nitrogens is 1. The molecule has 0 unspecified atom stereocenters. The van der Waals surface area contributed by atoms with Crippen molar-refractivity contribution in [3.05, 3.63) is 59.4 Å². The van der Waals surface area contributed by atoms with Crippen LogP contribution >= 0.6 is 12.4 Å². The smallest absolute Gasteiger partial charge is 0.255 e. The van der Waals surface area contributed by atoms with Crippen molar-refractivity contribution in [2.75, 3.05) is 20.2 Å². The van der Waals surface area contributed by atoms with Crippen molar-refractivity contribution in [2.24, 2.45) is 0 Å². The van der Waals surface area contributed by atoms with Gasteiger partial charge in [-0.1, -0.05) is 30.3 Å². The summed E-state index contributed by atoms with van der Waals surface area (Å²) in [6, 6.07) is 11.3. The number of carbonyl (C=O) groups is 1. The van der Waals surface area contributed by atoms with Crippen LogP contribution in [0.1, 0.15) is 28.0 Å². The Morgan fingerprint density at radius 2 is 2.12 bits per heavy atom. The van der Waals surface area contributed by atoms with E-state index in [1.54, 1.807) is 6.07 Å². The maximum absolute atomic E-state index is 13.0. The van der Waals surface area contributed by atoms with Gasteiger partial charge in [-0.05, 0) is 31.5 Å². The summed E-state index contributed by atoms with van der Waals surface area (Å²) in [6.07, 6.45) is 1.40. The molecule has 0 spiro atoms. The van der Waals surface area contributed by atoms with E-state index in [9.17, 15) is 9.90 Å². The van der Waals surface area contributed by atoms with Gasteiger partial charge in [0.2, 0.25) is 0 Å². The number of nitrogens with zero attached hydrogens (tertiary/aromatic N) is 1. The van der Waals surface area contributed by atoms with Crippen LogP contribution in [0.5, 0.6) is 5.75 Å². The number of ether oxygens (including phenoxy) is 1. The molecule has 140 valence electrons. The van der Waals surface area contributed by atoms with Crippen LogP contribution in [0.25, 0.3) is 0 Å². The normalized spacial score (nSPS) is 22.2. The zero-order chi connectivity index (χ0) is 17.9. The van der Waals surface area contributed by atoms with Gasteiger partial charge in [0, 0.05) is 12.2 Å². The zero-order valence-corrected chi connectivity index (χ0v) is 15.7. The number of amides is 1. The van der Waals surface area contributed by atoms with E-state index in [1.807, 2.05) is 37.3 Å². The van der Waals surface area contributed by atoms with Crippen molar-refractivity contribution < 1.29 is 14.6 Å². The number of rotatable bonds is 4. The highest BCUT2D eigenvalue weighted by Crippen LogP contribution is 2.32. The van der Waals surface area contributed by atoms with Gasteiger partial charge in [0.05, 0.1) is 30.5 Å². The molecule has 1 aromatic carbocycles. The zero-order valence-electron chi connectivity index (χ0n) is 14.9. The second-order valence-electron chi connectivity index (χ2n) is 6.29. The van der Waals surface area contributed by atoms with E-state index in [0.29, 0.717) is 30.8 Å². The summed E-state index contributed by atoms with van der Waals surface area (Å²) in [5.74, 6) is 0.127. The first kappa shape index (κ1) is 20.2. The maximum Gasteiger partial charge on any atom is 0.255 e. The molecule has 2 aromatic rings. The topological polar surface area (TPSA) is 83.5 Å². The van der Waals surface area contributed by atoms with E-state index in [2.05, 4.69) is 15.6 Å². The third-order valence-electron chi connectivity index (χ3n) is 4.70. The van der Waals surface area contributed by atoms with Crippen molar-refractivity contribution >= 4 is 18.3 Å². The molecule has 3 N–H and O–H groups in total. The lowest BCUT2D eigenvalue weighted by Crippen LogP contribution is -2.61. The van der Waals surface area contributed by atoms with Crippen LogP contribution in [-0.2, 0) is 5.54 Å². The molecule has 26 heavy (non-hydrogen) atoms. The quantitative estimate of drug-likeness (QED) is 0.756. The maximum atomic E-state index is 13.0. The summed E-state index contributed by atoms with van der Waals surface area (Å²) < 4.78 is 5.28. The van der Waals surface area contributed by atoms with E-state index >= 15 is 0 Å². The number of benzene rings is 1. The van der Waals surface area contributed by atoms with Crippen molar-refractivity contribution in [3.8, 4) is 5.75 Å². The van der Waals surface area contributed by atoms with Gasteiger partial charge in [0.1, 0.15) is 5.75 Å². The number of aliphatic hydroxyl groups is 1. The van der Waals surface area contributed by atoms with Crippen LogP contribution in [0.3, 0.4) is 0 Å². The lowest BCUT2D eigenvalue weighted by molar-refractivity contribution is 0.0288. The molecule has 0 saturated carbocycles. The summed E-state index contributed by atoms with van der Waals surface area (Å²) in [7, 11) is 1.51. The number of methoxy groups -OCH3 is 1. The third kappa shape index (κ3) is 3.82. The summed E-state index contributed by atoms with van der Waals surface area (Å²) in [5.41, 5.74) is 1.19. The van der Waals surface area contributed by atoms with Gasteiger partial charge < -0.3 is 20.5 Å². The molecule has 6 nitrogen and oxygen atoms in total. The Bertz CT molecular complexity index is 757. The molecule has 7 heteroatoms. The number of piperidine rings is 1. The average Bonchev–Trinajstić information content (AvgIpc) is 2.64. The van der Waals surface area contributed by atoms with Crippen LogP contribution < -0.4 is 15.4 Å². The van der Waals surface area contributed by atoms with Gasteiger partial charge in [0.25, 0.3) is 5.91 Å². The molecule has 1 aliphatic heterocycles. The van der Waals surface area contributed by atoms with E-state index in [0.717, 1.165) is 11.3 Å². The van der Waals surface area contributed by atoms with E-state index < -0.39 is 11.6 Å². The second-order valence-corrected chi connectivity index (χ2v) is 6.29. The second kappa shape index (κ2) is 8.49. The van der Waals surface area contributed by atoms with Crippen LogP contribution in [0.15, 0.2) is 42.6 Å². The number of hydrogen-bond acceptors (Lipinski definition) is 5. The molecule has 1 amide bonds. The highest BCUT2D eigenvalue weighted by atomic mass is 35.5. The van der Waals surface area contributed by atoms with Gasteiger partial charge in [-0.15, -0.1) is 12.4 Å². The van der Waals surface area contributed by atoms with Gasteiger partial charge in [-0.3, -0.25) is 9.78 Å². The number of carbonyl (C=O) groups excluding carboxylic acids is 1. The van der Waals surface area contributed by atoms with Gasteiger partial charge in [-0.2, -0.15) is 0 Å². The van der Waals surface area contributed by atoms with Gasteiger partial charge in [0.15, 0.2) is 0 Å². The predicted molar refractivity (Wildman–Crippen MR) is 102 cm³/mol. The standard InChI is InChI=1S/C19H23N3O3.ClH/c1-13-10-15(16(25-2)11-21-13)18(24)22-19(8-9-20-12-17(19)23)14-6-4-3-5-7-14;/h3-7,10-11,17,20,23H,8-9,12H2,1-2H3,(H,22,24);1H/t17-,19+;/m1./s1. The third-order valence-corrected chi connectivity index (χ3v) is 4.70. The highest BCUT2D eigenvalue weighted by Gasteiger charge is 2.43. The summed E-state index contributed by atoms with van der Waals surface area (Å²) >= 11 is 0. The monoisotopic (exact) mass is 377 g/mol. The Balaban J connectivity index is 0.00000243. The van der Waals surface area contributed by atoms with E-state index in [1.165, 1.54) is 13.3 Å². The molecule has 3 rings (SSSR count). The van der Waals surface area contributed by atoms with Crippen LogP contribution in [0.2, 0.25) is 0 Å². The molecule has 1 aliphatic rings. The molecule has 0 bridgehead atoms. The van der Waals surface area contributed by atoms with Crippen LogP contribution in [0.4, 0.5) is 0 Å². The van der Waals surface area contributed by atoms with E-state index in [4.69, 9.17) is 4.74 Å². The van der Waals surface area contributed by atoms with Gasteiger partial charge >= 0.3 is 0 Å². The molecule has 2 heterocycles. The van der Waals surface area contributed by atoms with Crippen LogP contribution in [-0.4, -0.2) is 42.3 Å². The van der Waals surface area contributed by atoms with Crippen molar-refractivity contribution in [1.82, 2.24) is 15.6 Å². The van der Waals surface area contributed by atoms with Crippen molar-refractivity contribution in [1.29, 1.82) is 0 Å². The Hall–Kier alpha value is -2.15. The molecule has 1 saturated heterocycles. The molecule has 1 aromatic heterocycles. The number of β-amino-alcohol motifs (C(OH)–C–C–N with tert-alkyl or cyclic N) is 1. The predicted octanol–water partition coefficient (Wildman–Crippen LogP) is 1.80. The molecule has 0 aliphatic carbocycles. The molecule has 0 radical (unpaired) electrons. The summed E-state index contributed by atoms with van der Waals surface area (Å²) in [6.45, 7) is 2.95. The first-order valence-electron chi connectivity index (χ1n) is 8.34. The fourth-order valence-corrected chi connectivity index (χ4v) is 3.31. The lowest BCUT2D eigenvalue weighted by Gasteiger charge is -2.43. The summed E-state index contributed by atoms with van der Waals surface area (Å²) in [5, 5.41) is 17.0. The van der Waals surface area contributed by atoms with Crippen LogP contribution in [0, 0.1) is 6.92 Å². The molecule has 1 fully saturated rings. The minimum absolute atomic E-state index is 0. The Morgan fingerprint density at radius 1 is 1.38 bits per heavy atom. The Kier molecular flexibility index (Phi) is 6.58. The van der Waals surface area contributed by atoms with Gasteiger partial charge in [-0.25, -0.2) is 0 Å². The molecule has 2 atom stereocenters. The highest BCUT2D eigenvalue weighted by molar-refractivity contribution is 5.97. The number of hydrogen-bond donors (Lipinski definition) is 3. The first-order chi connectivity index (χ1) is 12.1. The van der Waals surface area contributed by atoms with E-state index in [-0.39, 0.29) is 18.3 Å². The SMILES string of the molecule is COc1cnc(C)cc1C(=O)N[C@]1(c2ccccc2)CCNC[C@H]1O.Cl. The fraction of sp³-hybridized carbons (Fsp3) is 0.368. The molecular formula is C19H24ClN3O3. The largest absolute Gasteiger partial charge is 0.494 e. The minimum atomic E-state index is -0.841. The first-order valence-corrected chi connectivity index (χ1v) is 8.34. The summed E-state index contributed by atoms with van der Waals surface area (Å²) in [4.78, 5) is 17.2. The number of nitrogens with one attached hydrogen (secondary N) is 2.